The molecule has 2 N–H and O–H groups in total. The summed E-state index contributed by atoms with van der Waals surface area (Å²) in [5.41, 5.74) is -0.00980. The van der Waals surface area contributed by atoms with Crippen LogP contribution in [0, 0.1) is 0 Å². The van der Waals surface area contributed by atoms with Gasteiger partial charge in [0.15, 0.2) is 0 Å². The number of nitrogens with one attached hydrogen (secondary N) is 1. The van der Waals surface area contributed by atoms with E-state index < -0.39 is 11.5 Å². The number of carbonyl (C=O) groups excluding carboxylic acids is 1. The topological polar surface area (TPSA) is 69.6 Å². The zero-order chi connectivity index (χ0) is 14.5. The lowest BCUT2D eigenvalue weighted by molar-refractivity contribution is -0.143. The van der Waals surface area contributed by atoms with Crippen molar-refractivity contribution in [1.29, 1.82) is 0 Å². The number of hydrogen-bond donors (Lipinski definition) is 2. The maximum atomic E-state index is 12.2. The van der Waals surface area contributed by atoms with Crippen LogP contribution in [0.2, 0.25) is 0 Å². The molecule has 0 aromatic carbocycles. The predicted molar refractivity (Wildman–Crippen MR) is 73.7 cm³/mol. The summed E-state index contributed by atoms with van der Waals surface area (Å²) >= 11 is 0. The number of hydrogen-bond acceptors (Lipinski definition) is 3. The molecule has 5 nitrogen and oxygen atoms in total. The highest BCUT2D eigenvalue weighted by Gasteiger charge is 2.28. The summed E-state index contributed by atoms with van der Waals surface area (Å²) in [6, 6.07) is 0. The van der Waals surface area contributed by atoms with Crippen molar-refractivity contribution in [3.63, 3.8) is 0 Å². The Morgan fingerprint density at radius 2 is 2.11 bits per heavy atom. The molecule has 1 aliphatic rings. The fraction of sp³-hybridized carbons (Fsp3) is 0.714. The Morgan fingerprint density at radius 3 is 2.58 bits per heavy atom. The first kappa shape index (κ1) is 15.7. The molecule has 0 aromatic rings. The fourth-order valence-electron chi connectivity index (χ4n) is 2.07. The largest absolute Gasteiger partial charge is 0.480 e. The van der Waals surface area contributed by atoms with Crippen molar-refractivity contribution in [2.24, 2.45) is 0 Å². The summed E-state index contributed by atoms with van der Waals surface area (Å²) in [7, 11) is 0. The normalized spacial score (nSPS) is 15.8. The molecule has 0 heterocycles. The SMILES string of the molecule is CCN(C(=O)CNC(C)(C)C(=O)O)C1=CCCCC1. The number of aliphatic carboxylic acids is 1. The van der Waals surface area contributed by atoms with Gasteiger partial charge in [0.25, 0.3) is 0 Å². The van der Waals surface area contributed by atoms with Crippen LogP contribution in [-0.2, 0) is 9.59 Å². The lowest BCUT2D eigenvalue weighted by Gasteiger charge is -2.28. The molecule has 0 spiro atoms. The Labute approximate surface area is 114 Å². The molecule has 1 amide bonds. The molecular weight excluding hydrogens is 244 g/mol. The van der Waals surface area contributed by atoms with E-state index in [0.29, 0.717) is 6.54 Å². The van der Waals surface area contributed by atoms with Crippen LogP contribution in [0.3, 0.4) is 0 Å². The first-order valence-corrected chi connectivity index (χ1v) is 6.86. The highest BCUT2D eigenvalue weighted by molar-refractivity contribution is 5.82. The van der Waals surface area contributed by atoms with Gasteiger partial charge < -0.3 is 10.0 Å². The smallest absolute Gasteiger partial charge is 0.323 e. The van der Waals surface area contributed by atoms with E-state index in [-0.39, 0.29) is 12.5 Å². The molecule has 0 radical (unpaired) electrons. The molecule has 0 aromatic heterocycles. The van der Waals surface area contributed by atoms with Crippen molar-refractivity contribution >= 4 is 11.9 Å². The molecule has 0 saturated heterocycles. The zero-order valence-electron chi connectivity index (χ0n) is 12.0. The lowest BCUT2D eigenvalue weighted by Crippen LogP contribution is -2.51. The maximum Gasteiger partial charge on any atom is 0.323 e. The molecule has 0 atom stereocenters. The van der Waals surface area contributed by atoms with Gasteiger partial charge >= 0.3 is 5.97 Å². The summed E-state index contributed by atoms with van der Waals surface area (Å²) in [6.07, 6.45) is 6.37. The second kappa shape index (κ2) is 6.70. The van der Waals surface area contributed by atoms with Crippen molar-refractivity contribution in [1.82, 2.24) is 10.2 Å². The number of nitrogens with zero attached hydrogens (tertiary/aromatic N) is 1. The highest BCUT2D eigenvalue weighted by atomic mass is 16.4. The van der Waals surface area contributed by atoms with Gasteiger partial charge in [-0.3, -0.25) is 14.9 Å². The van der Waals surface area contributed by atoms with Crippen molar-refractivity contribution in [2.45, 2.75) is 52.0 Å². The average molecular weight is 268 g/mol. The number of carbonyl (C=O) groups is 2. The average Bonchev–Trinajstić information content (AvgIpc) is 2.38. The second-order valence-corrected chi connectivity index (χ2v) is 5.36. The van der Waals surface area contributed by atoms with E-state index in [4.69, 9.17) is 5.11 Å². The third-order valence-corrected chi connectivity index (χ3v) is 3.45. The lowest BCUT2D eigenvalue weighted by atomic mass is 10.0. The number of likely N-dealkylation sites (N-methyl/N-ethyl adjacent to an activating group) is 1. The van der Waals surface area contributed by atoms with Crippen LogP contribution in [0.5, 0.6) is 0 Å². The van der Waals surface area contributed by atoms with Gasteiger partial charge in [0, 0.05) is 12.2 Å². The quantitative estimate of drug-likeness (QED) is 0.770. The predicted octanol–water partition coefficient (Wildman–Crippen LogP) is 1.75. The van der Waals surface area contributed by atoms with Gasteiger partial charge in [0.2, 0.25) is 5.91 Å². The van der Waals surface area contributed by atoms with E-state index >= 15 is 0 Å². The minimum absolute atomic E-state index is 0.0461. The van der Waals surface area contributed by atoms with E-state index in [1.165, 1.54) is 6.42 Å². The van der Waals surface area contributed by atoms with E-state index in [9.17, 15) is 9.59 Å². The van der Waals surface area contributed by atoms with Crippen molar-refractivity contribution in [2.75, 3.05) is 13.1 Å². The molecule has 19 heavy (non-hydrogen) atoms. The summed E-state index contributed by atoms with van der Waals surface area (Å²) in [5.74, 6) is -1.02. The summed E-state index contributed by atoms with van der Waals surface area (Å²) in [6.45, 7) is 5.72. The first-order valence-electron chi connectivity index (χ1n) is 6.86. The molecule has 108 valence electrons. The molecule has 1 rings (SSSR count). The number of amides is 1. The van der Waals surface area contributed by atoms with Gasteiger partial charge in [-0.2, -0.15) is 0 Å². The molecule has 0 unspecified atom stereocenters. The van der Waals surface area contributed by atoms with Crippen molar-refractivity contribution in [3.8, 4) is 0 Å². The molecule has 0 fully saturated rings. The Kier molecular flexibility index (Phi) is 5.54. The fourth-order valence-corrected chi connectivity index (χ4v) is 2.07. The van der Waals surface area contributed by atoms with Gasteiger partial charge in [-0.1, -0.05) is 6.08 Å². The van der Waals surface area contributed by atoms with Crippen LogP contribution in [0.15, 0.2) is 11.8 Å². The summed E-state index contributed by atoms with van der Waals surface area (Å²) in [4.78, 5) is 24.9. The molecule has 0 bridgehead atoms. The summed E-state index contributed by atoms with van der Waals surface area (Å²) in [5, 5.41) is 11.8. The zero-order valence-corrected chi connectivity index (χ0v) is 12.0. The monoisotopic (exact) mass is 268 g/mol. The Bertz CT molecular complexity index is 375. The molecular formula is C14H24N2O3. The van der Waals surface area contributed by atoms with Crippen LogP contribution >= 0.6 is 0 Å². The van der Waals surface area contributed by atoms with Gasteiger partial charge in [-0.15, -0.1) is 0 Å². The van der Waals surface area contributed by atoms with Crippen LogP contribution in [-0.4, -0.2) is 40.5 Å². The number of allylic oxidation sites excluding steroid dienone is 2. The van der Waals surface area contributed by atoms with E-state index in [0.717, 1.165) is 25.0 Å². The van der Waals surface area contributed by atoms with Crippen LogP contribution in [0.4, 0.5) is 0 Å². The highest BCUT2D eigenvalue weighted by Crippen LogP contribution is 2.20. The number of carboxylic acid groups (broad SMARTS) is 1. The van der Waals surface area contributed by atoms with Crippen molar-refractivity contribution < 1.29 is 14.7 Å². The minimum Gasteiger partial charge on any atom is -0.480 e. The van der Waals surface area contributed by atoms with Gasteiger partial charge in [0.1, 0.15) is 5.54 Å². The second-order valence-electron chi connectivity index (χ2n) is 5.36. The van der Waals surface area contributed by atoms with E-state index in [2.05, 4.69) is 11.4 Å². The molecule has 0 aliphatic heterocycles. The standard InChI is InChI=1S/C14H24N2O3/c1-4-16(11-8-6-5-7-9-11)12(17)10-15-14(2,3)13(18)19/h8,15H,4-7,9-10H2,1-3H3,(H,18,19). The van der Waals surface area contributed by atoms with E-state index in [1.807, 2.05) is 6.92 Å². The first-order chi connectivity index (χ1) is 8.88. The van der Waals surface area contributed by atoms with Gasteiger partial charge in [-0.25, -0.2) is 0 Å². The third-order valence-electron chi connectivity index (χ3n) is 3.45. The molecule has 0 saturated carbocycles. The molecule has 5 heteroatoms. The Morgan fingerprint density at radius 1 is 1.42 bits per heavy atom. The van der Waals surface area contributed by atoms with Gasteiger partial charge in [-0.05, 0) is 46.5 Å². The molecule has 1 aliphatic carbocycles. The van der Waals surface area contributed by atoms with Crippen molar-refractivity contribution in [3.05, 3.63) is 11.8 Å². The Hall–Kier alpha value is -1.36. The van der Waals surface area contributed by atoms with Crippen LogP contribution < -0.4 is 5.32 Å². The number of rotatable bonds is 6. The number of carboxylic acids is 1. The third kappa shape index (κ3) is 4.35. The van der Waals surface area contributed by atoms with Crippen LogP contribution in [0.1, 0.15) is 46.5 Å². The summed E-state index contributed by atoms with van der Waals surface area (Å²) < 4.78 is 0. The van der Waals surface area contributed by atoms with E-state index in [1.54, 1.807) is 18.7 Å². The minimum atomic E-state index is -1.09. The van der Waals surface area contributed by atoms with Crippen LogP contribution in [0.25, 0.3) is 0 Å². The van der Waals surface area contributed by atoms with Gasteiger partial charge in [0.05, 0.1) is 6.54 Å². The Balaban J connectivity index is 2.60. The maximum absolute atomic E-state index is 12.2.